The highest BCUT2D eigenvalue weighted by Crippen LogP contribution is 2.35. The fourth-order valence-electron chi connectivity index (χ4n) is 3.28. The molecule has 1 amide bonds. The van der Waals surface area contributed by atoms with Crippen LogP contribution in [0.1, 0.15) is 5.56 Å². The molecule has 0 saturated heterocycles. The van der Waals surface area contributed by atoms with E-state index in [-0.39, 0.29) is 11.4 Å². The van der Waals surface area contributed by atoms with Crippen LogP contribution in [0.15, 0.2) is 84.0 Å². The molecule has 1 aromatic heterocycles. The summed E-state index contributed by atoms with van der Waals surface area (Å²) in [4.78, 5) is 12.5. The van der Waals surface area contributed by atoms with Crippen molar-refractivity contribution < 1.29 is 22.7 Å². The fourth-order valence-corrected chi connectivity index (χ4v) is 4.03. The van der Waals surface area contributed by atoms with Gasteiger partial charge >= 0.3 is 6.18 Å². The molecule has 4 aromatic rings. The lowest BCUT2D eigenvalue weighted by molar-refractivity contribution is -0.137. The molecule has 0 radical (unpaired) electrons. The zero-order valence-corrected chi connectivity index (χ0v) is 18.7. The maximum atomic E-state index is 13.2. The van der Waals surface area contributed by atoms with Gasteiger partial charge < -0.3 is 10.1 Å². The van der Waals surface area contributed by atoms with E-state index < -0.39 is 17.6 Å². The van der Waals surface area contributed by atoms with Crippen LogP contribution in [0.25, 0.3) is 17.1 Å². The summed E-state index contributed by atoms with van der Waals surface area (Å²) in [5, 5.41) is 11.3. The molecule has 10 heteroatoms. The lowest BCUT2D eigenvalue weighted by atomic mass is 10.1. The summed E-state index contributed by atoms with van der Waals surface area (Å²) in [6, 6.07) is 21.5. The van der Waals surface area contributed by atoms with Gasteiger partial charge in [-0.15, -0.1) is 10.2 Å². The van der Waals surface area contributed by atoms with Crippen LogP contribution in [-0.2, 0) is 11.0 Å². The number of carbonyl (C=O) groups is 1. The number of nitrogens with one attached hydrogen (secondary N) is 1. The number of amides is 1. The van der Waals surface area contributed by atoms with Gasteiger partial charge in [0.05, 0.1) is 24.1 Å². The number of hydrogen-bond acceptors (Lipinski definition) is 5. The molecule has 174 valence electrons. The lowest BCUT2D eigenvalue weighted by Gasteiger charge is -2.13. The fraction of sp³-hybridized carbons (Fsp3) is 0.125. The second-order valence-electron chi connectivity index (χ2n) is 7.09. The summed E-state index contributed by atoms with van der Waals surface area (Å²) in [6.45, 7) is 0. The quantitative estimate of drug-likeness (QED) is 0.341. The predicted molar refractivity (Wildman–Crippen MR) is 124 cm³/mol. The molecular formula is C24H19F3N4O2S. The van der Waals surface area contributed by atoms with E-state index >= 15 is 0 Å². The highest BCUT2D eigenvalue weighted by Gasteiger charge is 2.33. The lowest BCUT2D eigenvalue weighted by Crippen LogP contribution is -2.18. The standard InChI is InChI=1S/C24H19F3N4O2S/c1-33-18-11-7-8-16(14-18)22-29-30-23(31(22)17-9-3-2-4-10-17)34-15-21(32)28-20-13-6-5-12-19(20)24(25,26)27/h2-14H,15H2,1H3,(H,28,32). The number of nitrogens with zero attached hydrogens (tertiary/aromatic N) is 3. The van der Waals surface area contributed by atoms with Crippen LogP contribution >= 0.6 is 11.8 Å². The van der Waals surface area contributed by atoms with Gasteiger partial charge in [-0.25, -0.2) is 0 Å². The van der Waals surface area contributed by atoms with Gasteiger partial charge in [0.25, 0.3) is 0 Å². The molecule has 0 unspecified atom stereocenters. The molecular weight excluding hydrogens is 465 g/mol. The Hall–Kier alpha value is -3.79. The molecule has 6 nitrogen and oxygen atoms in total. The van der Waals surface area contributed by atoms with Crippen LogP contribution in [0.3, 0.4) is 0 Å². The van der Waals surface area contributed by atoms with Crippen molar-refractivity contribution in [3.05, 3.63) is 84.4 Å². The van der Waals surface area contributed by atoms with Crippen molar-refractivity contribution in [3.8, 4) is 22.8 Å². The number of benzene rings is 3. The van der Waals surface area contributed by atoms with Crippen molar-refractivity contribution in [1.29, 1.82) is 0 Å². The summed E-state index contributed by atoms with van der Waals surface area (Å²) in [5.41, 5.74) is 0.338. The van der Waals surface area contributed by atoms with E-state index in [1.807, 2.05) is 54.6 Å². The van der Waals surface area contributed by atoms with Crippen molar-refractivity contribution in [2.45, 2.75) is 11.3 Å². The zero-order valence-electron chi connectivity index (χ0n) is 17.9. The van der Waals surface area contributed by atoms with E-state index in [2.05, 4.69) is 15.5 Å². The summed E-state index contributed by atoms with van der Waals surface area (Å²) < 4.78 is 46.8. The van der Waals surface area contributed by atoms with Gasteiger partial charge in [-0.2, -0.15) is 13.2 Å². The van der Waals surface area contributed by atoms with Crippen molar-refractivity contribution in [2.75, 3.05) is 18.2 Å². The predicted octanol–water partition coefficient (Wildman–Crippen LogP) is 5.69. The molecule has 4 rings (SSSR count). The van der Waals surface area contributed by atoms with E-state index in [1.165, 1.54) is 18.2 Å². The number of para-hydroxylation sites is 2. The van der Waals surface area contributed by atoms with Crippen molar-refractivity contribution in [2.24, 2.45) is 0 Å². The Labute approximate surface area is 197 Å². The van der Waals surface area contributed by atoms with Crippen molar-refractivity contribution in [1.82, 2.24) is 14.8 Å². The third-order valence-electron chi connectivity index (χ3n) is 4.81. The Balaban J connectivity index is 1.59. The van der Waals surface area contributed by atoms with Crippen LogP contribution in [0, 0.1) is 0 Å². The summed E-state index contributed by atoms with van der Waals surface area (Å²) in [6.07, 6.45) is -4.57. The van der Waals surface area contributed by atoms with E-state index in [1.54, 1.807) is 11.7 Å². The van der Waals surface area contributed by atoms with Crippen LogP contribution in [-0.4, -0.2) is 33.5 Å². The second-order valence-corrected chi connectivity index (χ2v) is 8.03. The van der Waals surface area contributed by atoms with Crippen LogP contribution in [0.4, 0.5) is 18.9 Å². The van der Waals surface area contributed by atoms with Crippen LogP contribution in [0.2, 0.25) is 0 Å². The van der Waals surface area contributed by atoms with Gasteiger partial charge in [-0.1, -0.05) is 54.2 Å². The number of alkyl halides is 3. The minimum Gasteiger partial charge on any atom is -0.497 e. The number of halogens is 3. The molecule has 0 fully saturated rings. The number of hydrogen-bond donors (Lipinski definition) is 1. The molecule has 3 aromatic carbocycles. The molecule has 0 saturated carbocycles. The molecule has 0 bridgehead atoms. The van der Waals surface area contributed by atoms with Crippen molar-refractivity contribution in [3.63, 3.8) is 0 Å². The van der Waals surface area contributed by atoms with E-state index in [0.717, 1.165) is 29.1 Å². The third kappa shape index (κ3) is 5.23. The van der Waals surface area contributed by atoms with Gasteiger partial charge in [0.15, 0.2) is 11.0 Å². The minimum absolute atomic E-state index is 0.157. The first-order valence-corrected chi connectivity index (χ1v) is 11.1. The topological polar surface area (TPSA) is 69.0 Å². The Morgan fingerprint density at radius 3 is 2.47 bits per heavy atom. The highest BCUT2D eigenvalue weighted by molar-refractivity contribution is 7.99. The van der Waals surface area contributed by atoms with E-state index in [9.17, 15) is 18.0 Å². The largest absolute Gasteiger partial charge is 0.497 e. The maximum Gasteiger partial charge on any atom is 0.418 e. The average Bonchev–Trinajstić information content (AvgIpc) is 3.27. The third-order valence-corrected chi connectivity index (χ3v) is 5.74. The Bertz CT molecular complexity index is 1290. The first kappa shape index (κ1) is 23.4. The molecule has 34 heavy (non-hydrogen) atoms. The number of aromatic nitrogens is 3. The van der Waals surface area contributed by atoms with Gasteiger partial charge in [0.1, 0.15) is 5.75 Å². The summed E-state index contributed by atoms with van der Waals surface area (Å²) >= 11 is 1.07. The SMILES string of the molecule is COc1cccc(-c2nnc(SCC(=O)Nc3ccccc3C(F)(F)F)n2-c2ccccc2)c1. The van der Waals surface area contributed by atoms with Gasteiger partial charge in [0.2, 0.25) is 5.91 Å². The first-order valence-electron chi connectivity index (χ1n) is 10.1. The monoisotopic (exact) mass is 484 g/mol. The summed E-state index contributed by atoms with van der Waals surface area (Å²) in [5.74, 6) is 0.439. The smallest absolute Gasteiger partial charge is 0.418 e. The second kappa shape index (κ2) is 10.0. The van der Waals surface area contributed by atoms with Crippen LogP contribution < -0.4 is 10.1 Å². The normalized spacial score (nSPS) is 11.3. The Morgan fingerprint density at radius 1 is 1.00 bits per heavy atom. The number of rotatable bonds is 7. The Morgan fingerprint density at radius 2 is 1.74 bits per heavy atom. The van der Waals surface area contributed by atoms with Gasteiger partial charge in [-0.3, -0.25) is 9.36 Å². The minimum atomic E-state index is -4.57. The van der Waals surface area contributed by atoms with E-state index in [4.69, 9.17) is 4.74 Å². The Kier molecular flexibility index (Phi) is 6.87. The molecule has 0 aliphatic rings. The highest BCUT2D eigenvalue weighted by atomic mass is 32.2. The molecule has 1 heterocycles. The average molecular weight is 485 g/mol. The number of anilines is 1. The number of methoxy groups -OCH3 is 1. The van der Waals surface area contributed by atoms with Crippen molar-refractivity contribution >= 4 is 23.4 Å². The van der Waals surface area contributed by atoms with Gasteiger partial charge in [0, 0.05) is 11.3 Å². The number of carbonyl (C=O) groups excluding carboxylic acids is 1. The first-order chi connectivity index (χ1) is 16.4. The number of ether oxygens (including phenoxy) is 1. The maximum absolute atomic E-state index is 13.2. The zero-order chi connectivity index (χ0) is 24.1. The van der Waals surface area contributed by atoms with Gasteiger partial charge in [-0.05, 0) is 36.4 Å². The molecule has 0 aliphatic carbocycles. The molecule has 0 spiro atoms. The van der Waals surface area contributed by atoms with Crippen LogP contribution in [0.5, 0.6) is 5.75 Å². The molecule has 0 atom stereocenters. The van der Waals surface area contributed by atoms with E-state index in [0.29, 0.717) is 16.7 Å². The molecule has 0 aliphatic heterocycles. The number of thioether (sulfide) groups is 1. The summed E-state index contributed by atoms with van der Waals surface area (Å²) in [7, 11) is 1.57. The molecule has 1 N–H and O–H groups in total.